The van der Waals surface area contributed by atoms with Gasteiger partial charge < -0.3 is 9.47 Å². The summed E-state index contributed by atoms with van der Waals surface area (Å²) in [5, 5.41) is 0. The molecule has 1 aliphatic heterocycles. The number of hydrogen-bond acceptors (Lipinski definition) is 3. The number of hydrogen-bond donors (Lipinski definition) is 0. The monoisotopic (exact) mass is 182 g/mol. The second-order valence-electron chi connectivity index (χ2n) is 2.46. The lowest BCUT2D eigenvalue weighted by Gasteiger charge is -2.07. The summed E-state index contributed by atoms with van der Waals surface area (Å²) >= 11 is 1.61. The number of rotatable bonds is 2. The van der Waals surface area contributed by atoms with Gasteiger partial charge in [-0.1, -0.05) is 30.0 Å². The molecule has 0 aromatic heterocycles. The molecule has 0 radical (unpaired) electrons. The molecule has 0 unspecified atom stereocenters. The molecule has 1 aliphatic rings. The molecule has 12 heavy (non-hydrogen) atoms. The van der Waals surface area contributed by atoms with E-state index in [1.165, 1.54) is 4.90 Å². The van der Waals surface area contributed by atoms with Crippen LogP contribution in [0, 0.1) is 0 Å². The molecule has 0 atom stereocenters. The maximum absolute atomic E-state index is 5.30. The van der Waals surface area contributed by atoms with E-state index in [1.807, 2.05) is 18.2 Å². The van der Waals surface area contributed by atoms with Crippen LogP contribution in [-0.4, -0.2) is 18.8 Å². The average Bonchev–Trinajstić information content (AvgIpc) is 2.59. The van der Waals surface area contributed by atoms with E-state index in [1.54, 1.807) is 11.8 Å². The van der Waals surface area contributed by atoms with E-state index in [2.05, 4.69) is 12.1 Å². The number of benzene rings is 1. The second kappa shape index (κ2) is 3.94. The smallest absolute Gasteiger partial charge is 0.211 e. The molecule has 64 valence electrons. The Balaban J connectivity index is 1.94. The molecular formula is C9H10O2S. The second-order valence-corrected chi connectivity index (χ2v) is 3.55. The van der Waals surface area contributed by atoms with Crippen molar-refractivity contribution in [2.45, 2.75) is 10.5 Å². The first-order chi connectivity index (χ1) is 5.95. The summed E-state index contributed by atoms with van der Waals surface area (Å²) < 4.78 is 10.6. The van der Waals surface area contributed by atoms with E-state index in [9.17, 15) is 0 Å². The summed E-state index contributed by atoms with van der Waals surface area (Å²) in [4.78, 5) is 1.18. The third-order valence-corrected chi connectivity index (χ3v) is 2.58. The van der Waals surface area contributed by atoms with E-state index in [4.69, 9.17) is 9.47 Å². The Morgan fingerprint density at radius 2 is 1.75 bits per heavy atom. The van der Waals surface area contributed by atoms with Crippen LogP contribution < -0.4 is 0 Å². The molecule has 0 aliphatic carbocycles. The molecule has 0 spiro atoms. The van der Waals surface area contributed by atoms with Gasteiger partial charge in [0.1, 0.15) is 0 Å². The van der Waals surface area contributed by atoms with Crippen LogP contribution in [0.3, 0.4) is 0 Å². The first-order valence-electron chi connectivity index (χ1n) is 3.90. The van der Waals surface area contributed by atoms with Crippen molar-refractivity contribution >= 4 is 11.8 Å². The van der Waals surface area contributed by atoms with E-state index >= 15 is 0 Å². The van der Waals surface area contributed by atoms with Gasteiger partial charge in [0.15, 0.2) is 0 Å². The van der Waals surface area contributed by atoms with Crippen molar-refractivity contribution in [2.24, 2.45) is 0 Å². The van der Waals surface area contributed by atoms with E-state index in [0.717, 1.165) is 0 Å². The predicted molar refractivity (Wildman–Crippen MR) is 48.0 cm³/mol. The van der Waals surface area contributed by atoms with E-state index in [-0.39, 0.29) is 5.62 Å². The van der Waals surface area contributed by atoms with Gasteiger partial charge in [0.05, 0.1) is 13.2 Å². The zero-order chi connectivity index (χ0) is 8.23. The van der Waals surface area contributed by atoms with Gasteiger partial charge >= 0.3 is 0 Å². The molecule has 2 rings (SSSR count). The lowest BCUT2D eigenvalue weighted by atomic mass is 10.4. The van der Waals surface area contributed by atoms with Gasteiger partial charge in [0.2, 0.25) is 5.62 Å². The zero-order valence-corrected chi connectivity index (χ0v) is 7.42. The third-order valence-electron chi connectivity index (χ3n) is 1.57. The Bertz CT molecular complexity index is 232. The number of ether oxygens (including phenoxy) is 2. The van der Waals surface area contributed by atoms with Gasteiger partial charge in [0, 0.05) is 4.90 Å². The Kier molecular flexibility index (Phi) is 2.66. The van der Waals surface area contributed by atoms with Crippen LogP contribution >= 0.6 is 11.8 Å². The maximum Gasteiger partial charge on any atom is 0.211 e. The van der Waals surface area contributed by atoms with Crippen LogP contribution in [0.4, 0.5) is 0 Å². The standard InChI is InChI=1S/C9H10O2S/c1-2-4-8(5-3-1)12-9-10-6-7-11-9/h1-5,9H,6-7H2. The van der Waals surface area contributed by atoms with Gasteiger partial charge in [-0.2, -0.15) is 0 Å². The Morgan fingerprint density at radius 3 is 2.42 bits per heavy atom. The highest BCUT2D eigenvalue weighted by Crippen LogP contribution is 2.26. The summed E-state index contributed by atoms with van der Waals surface area (Å²) in [5.41, 5.74) is -0.104. The van der Waals surface area contributed by atoms with Crippen molar-refractivity contribution < 1.29 is 9.47 Å². The maximum atomic E-state index is 5.30. The molecule has 1 aromatic rings. The van der Waals surface area contributed by atoms with Crippen molar-refractivity contribution in [1.82, 2.24) is 0 Å². The molecule has 3 heteroatoms. The van der Waals surface area contributed by atoms with E-state index in [0.29, 0.717) is 13.2 Å². The molecular weight excluding hydrogens is 172 g/mol. The Hall–Kier alpha value is -0.510. The largest absolute Gasteiger partial charge is 0.341 e. The first-order valence-corrected chi connectivity index (χ1v) is 4.78. The lowest BCUT2D eigenvalue weighted by Crippen LogP contribution is -2.00. The molecule has 0 bridgehead atoms. The fourth-order valence-electron chi connectivity index (χ4n) is 1.02. The van der Waals surface area contributed by atoms with Crippen LogP contribution in [-0.2, 0) is 9.47 Å². The Morgan fingerprint density at radius 1 is 1.08 bits per heavy atom. The Labute approximate surface area is 75.9 Å². The summed E-state index contributed by atoms with van der Waals surface area (Å²) in [6.45, 7) is 1.43. The van der Waals surface area contributed by atoms with Crippen molar-refractivity contribution in [3.8, 4) is 0 Å². The minimum absolute atomic E-state index is 0.104. The fourth-order valence-corrected chi connectivity index (χ4v) is 1.88. The minimum Gasteiger partial charge on any atom is -0.341 e. The molecule has 0 saturated carbocycles. The zero-order valence-electron chi connectivity index (χ0n) is 6.60. The predicted octanol–water partition coefficient (Wildman–Crippen LogP) is 2.11. The lowest BCUT2D eigenvalue weighted by molar-refractivity contribution is 0.0345. The van der Waals surface area contributed by atoms with Crippen LogP contribution in [0.2, 0.25) is 0 Å². The summed E-state index contributed by atoms with van der Waals surface area (Å²) in [6.07, 6.45) is 0. The topological polar surface area (TPSA) is 18.5 Å². The SMILES string of the molecule is c1ccc(SC2OCCO2)cc1. The minimum atomic E-state index is -0.104. The van der Waals surface area contributed by atoms with Gasteiger partial charge in [-0.05, 0) is 12.1 Å². The molecule has 0 amide bonds. The number of thioether (sulfide) groups is 1. The van der Waals surface area contributed by atoms with Crippen molar-refractivity contribution in [3.63, 3.8) is 0 Å². The summed E-state index contributed by atoms with van der Waals surface area (Å²) in [7, 11) is 0. The van der Waals surface area contributed by atoms with Gasteiger partial charge in [-0.25, -0.2) is 0 Å². The highest BCUT2D eigenvalue weighted by atomic mass is 32.2. The van der Waals surface area contributed by atoms with Crippen LogP contribution in [0.5, 0.6) is 0 Å². The molecule has 0 N–H and O–H groups in total. The normalized spacial score (nSPS) is 18.3. The van der Waals surface area contributed by atoms with Crippen molar-refractivity contribution in [2.75, 3.05) is 13.2 Å². The summed E-state index contributed by atoms with van der Waals surface area (Å²) in [6, 6.07) is 10.1. The van der Waals surface area contributed by atoms with Gasteiger partial charge in [-0.3, -0.25) is 0 Å². The molecule has 1 fully saturated rings. The third kappa shape index (κ3) is 2.00. The van der Waals surface area contributed by atoms with Crippen molar-refractivity contribution in [3.05, 3.63) is 30.3 Å². The quantitative estimate of drug-likeness (QED) is 0.698. The van der Waals surface area contributed by atoms with Gasteiger partial charge in [-0.15, -0.1) is 0 Å². The molecule has 2 nitrogen and oxygen atoms in total. The molecule has 1 aromatic carbocycles. The van der Waals surface area contributed by atoms with Crippen molar-refractivity contribution in [1.29, 1.82) is 0 Å². The van der Waals surface area contributed by atoms with Crippen LogP contribution in [0.1, 0.15) is 0 Å². The van der Waals surface area contributed by atoms with Crippen LogP contribution in [0.15, 0.2) is 35.2 Å². The highest BCUT2D eigenvalue weighted by molar-refractivity contribution is 7.99. The van der Waals surface area contributed by atoms with E-state index < -0.39 is 0 Å². The highest BCUT2D eigenvalue weighted by Gasteiger charge is 2.16. The first kappa shape index (κ1) is 8.10. The van der Waals surface area contributed by atoms with Gasteiger partial charge in [0.25, 0.3) is 0 Å². The molecule has 1 saturated heterocycles. The average molecular weight is 182 g/mol. The van der Waals surface area contributed by atoms with Crippen LogP contribution in [0.25, 0.3) is 0 Å². The summed E-state index contributed by atoms with van der Waals surface area (Å²) in [5.74, 6) is 0. The molecule has 1 heterocycles. The fraction of sp³-hybridized carbons (Fsp3) is 0.333.